The Morgan fingerprint density at radius 1 is 1.29 bits per heavy atom. The normalized spacial score (nSPS) is 12.7. The summed E-state index contributed by atoms with van der Waals surface area (Å²) in [5.41, 5.74) is 0.627. The number of benzene rings is 1. The molecule has 0 aliphatic rings. The first-order chi connectivity index (χ1) is 9.79. The molecule has 0 aliphatic heterocycles. The van der Waals surface area contributed by atoms with Crippen LogP contribution in [0.3, 0.4) is 0 Å². The molecule has 0 fully saturated rings. The zero-order chi connectivity index (χ0) is 16.0. The van der Waals surface area contributed by atoms with E-state index in [-0.39, 0.29) is 5.56 Å². The summed E-state index contributed by atoms with van der Waals surface area (Å²) < 4.78 is 29.9. The number of aliphatic hydroxyl groups is 1. The first kappa shape index (κ1) is 17.1. The Balaban J connectivity index is 2.80. The van der Waals surface area contributed by atoms with Crippen LogP contribution >= 0.6 is 0 Å². The summed E-state index contributed by atoms with van der Waals surface area (Å²) in [5.74, 6) is -2.49. The number of carbonyl (C=O) groups is 2. The van der Waals surface area contributed by atoms with E-state index in [1.165, 1.54) is 31.4 Å². The predicted molar refractivity (Wildman–Crippen MR) is 72.1 cm³/mol. The van der Waals surface area contributed by atoms with Crippen LogP contribution in [0.2, 0.25) is 0 Å². The van der Waals surface area contributed by atoms with Gasteiger partial charge in [0.1, 0.15) is 6.04 Å². The third-order valence-electron chi connectivity index (χ3n) is 2.53. The van der Waals surface area contributed by atoms with Gasteiger partial charge in [-0.1, -0.05) is 12.1 Å². The molecule has 1 aromatic rings. The van der Waals surface area contributed by atoms with Crippen molar-refractivity contribution >= 4 is 22.0 Å². The van der Waals surface area contributed by atoms with Crippen molar-refractivity contribution in [1.29, 1.82) is 0 Å². The third-order valence-corrected chi connectivity index (χ3v) is 3.89. The fourth-order valence-electron chi connectivity index (χ4n) is 1.50. The van der Waals surface area contributed by atoms with Gasteiger partial charge in [-0.3, -0.25) is 4.79 Å². The molecule has 0 amide bonds. The molecule has 8 nitrogen and oxygen atoms in total. The van der Waals surface area contributed by atoms with E-state index < -0.39 is 40.4 Å². The number of carboxylic acid groups (broad SMARTS) is 1. The summed E-state index contributed by atoms with van der Waals surface area (Å²) in [4.78, 5) is 21.9. The van der Waals surface area contributed by atoms with Crippen LogP contribution in [0.15, 0.2) is 24.3 Å². The Kier molecular flexibility index (Phi) is 5.82. The highest BCUT2D eigenvalue weighted by molar-refractivity contribution is 7.88. The number of methoxy groups -OCH3 is 1. The molecular formula is C12H15NO7S. The van der Waals surface area contributed by atoms with Crippen molar-refractivity contribution in [2.75, 3.05) is 13.7 Å². The molecule has 1 aromatic carbocycles. The summed E-state index contributed by atoms with van der Waals surface area (Å²) >= 11 is 0. The van der Waals surface area contributed by atoms with Crippen molar-refractivity contribution in [3.05, 3.63) is 35.4 Å². The van der Waals surface area contributed by atoms with Gasteiger partial charge in [0.2, 0.25) is 10.0 Å². The molecule has 3 N–H and O–H groups in total. The number of carbonyl (C=O) groups excluding carboxylic acids is 1. The zero-order valence-electron chi connectivity index (χ0n) is 11.1. The van der Waals surface area contributed by atoms with Crippen molar-refractivity contribution in [2.24, 2.45) is 0 Å². The number of aliphatic hydroxyl groups excluding tert-OH is 1. The Morgan fingerprint density at radius 2 is 1.86 bits per heavy atom. The van der Waals surface area contributed by atoms with Gasteiger partial charge in [0.25, 0.3) is 0 Å². The number of esters is 1. The Hall–Kier alpha value is -1.97. The van der Waals surface area contributed by atoms with Gasteiger partial charge >= 0.3 is 11.9 Å². The minimum Gasteiger partial charge on any atom is -0.480 e. The lowest BCUT2D eigenvalue weighted by atomic mass is 10.1. The van der Waals surface area contributed by atoms with Crippen LogP contribution in [0, 0.1) is 0 Å². The molecule has 1 unspecified atom stereocenters. The van der Waals surface area contributed by atoms with Crippen molar-refractivity contribution < 1.29 is 33.0 Å². The first-order valence-corrected chi connectivity index (χ1v) is 7.45. The maximum atomic E-state index is 11.8. The molecular weight excluding hydrogens is 302 g/mol. The summed E-state index contributed by atoms with van der Waals surface area (Å²) in [5, 5.41) is 17.5. The van der Waals surface area contributed by atoms with E-state index >= 15 is 0 Å². The Morgan fingerprint density at radius 3 is 2.29 bits per heavy atom. The zero-order valence-corrected chi connectivity index (χ0v) is 12.0. The highest BCUT2D eigenvalue weighted by atomic mass is 32.2. The fraction of sp³-hybridized carbons (Fsp3) is 0.333. The second kappa shape index (κ2) is 7.16. The smallest absolute Gasteiger partial charge is 0.337 e. The lowest BCUT2D eigenvalue weighted by molar-refractivity contribution is -0.139. The van der Waals surface area contributed by atoms with E-state index in [4.69, 9.17) is 10.2 Å². The van der Waals surface area contributed by atoms with Crippen LogP contribution in [0.1, 0.15) is 15.9 Å². The number of sulfonamides is 1. The third kappa shape index (κ3) is 5.14. The molecule has 0 aliphatic carbocycles. The Bertz CT molecular complexity index is 609. The number of hydrogen-bond donors (Lipinski definition) is 3. The number of nitrogens with one attached hydrogen (secondary N) is 1. The predicted octanol–water partition coefficient (Wildman–Crippen LogP) is -0.662. The molecule has 0 heterocycles. The SMILES string of the molecule is COC(=O)c1ccc(CS(=O)(=O)NC(CO)C(=O)O)cc1. The van der Waals surface area contributed by atoms with E-state index in [1.807, 2.05) is 4.72 Å². The maximum Gasteiger partial charge on any atom is 0.337 e. The average Bonchev–Trinajstić information content (AvgIpc) is 2.44. The van der Waals surface area contributed by atoms with Gasteiger partial charge in [0, 0.05) is 0 Å². The van der Waals surface area contributed by atoms with Crippen LogP contribution in [-0.4, -0.2) is 50.3 Å². The summed E-state index contributed by atoms with van der Waals surface area (Å²) in [6, 6.07) is 4.04. The van der Waals surface area contributed by atoms with E-state index in [2.05, 4.69) is 4.74 Å². The van der Waals surface area contributed by atoms with Crippen molar-refractivity contribution in [3.8, 4) is 0 Å². The standard InChI is InChI=1S/C12H15NO7S/c1-20-12(17)9-4-2-8(3-5-9)7-21(18,19)13-10(6-14)11(15)16/h2-5,10,13-14H,6-7H2,1H3,(H,15,16). The number of ether oxygens (including phenoxy) is 1. The number of hydrogen-bond acceptors (Lipinski definition) is 6. The van der Waals surface area contributed by atoms with Gasteiger partial charge in [0.05, 0.1) is 25.0 Å². The summed E-state index contributed by atoms with van der Waals surface area (Å²) in [7, 11) is -2.71. The average molecular weight is 317 g/mol. The summed E-state index contributed by atoms with van der Waals surface area (Å²) in [6.45, 7) is -0.851. The molecule has 9 heteroatoms. The van der Waals surface area contributed by atoms with Gasteiger partial charge in [0.15, 0.2) is 0 Å². The number of carboxylic acids is 1. The van der Waals surface area contributed by atoms with Crippen LogP contribution in [0.4, 0.5) is 0 Å². The van der Waals surface area contributed by atoms with Crippen LogP contribution in [-0.2, 0) is 25.3 Å². The molecule has 0 saturated heterocycles. The second-order valence-electron chi connectivity index (χ2n) is 4.14. The quantitative estimate of drug-likeness (QED) is 0.569. The highest BCUT2D eigenvalue weighted by Gasteiger charge is 2.23. The maximum absolute atomic E-state index is 11.8. The Labute approximate surface area is 121 Å². The highest BCUT2D eigenvalue weighted by Crippen LogP contribution is 2.09. The molecule has 0 saturated carbocycles. The number of rotatable bonds is 7. The molecule has 0 aromatic heterocycles. The second-order valence-corrected chi connectivity index (χ2v) is 5.89. The van der Waals surface area contributed by atoms with E-state index in [0.29, 0.717) is 5.56 Å². The van der Waals surface area contributed by atoms with Gasteiger partial charge in [-0.2, -0.15) is 4.72 Å². The van der Waals surface area contributed by atoms with Gasteiger partial charge in [-0.15, -0.1) is 0 Å². The minimum atomic E-state index is -3.94. The van der Waals surface area contributed by atoms with Gasteiger partial charge in [-0.05, 0) is 17.7 Å². The molecule has 0 radical (unpaired) electrons. The lowest BCUT2D eigenvalue weighted by Crippen LogP contribution is -2.43. The first-order valence-electron chi connectivity index (χ1n) is 5.80. The van der Waals surface area contributed by atoms with Gasteiger partial charge < -0.3 is 14.9 Å². The van der Waals surface area contributed by atoms with E-state index in [1.54, 1.807) is 0 Å². The number of aliphatic carboxylic acids is 1. The molecule has 21 heavy (non-hydrogen) atoms. The summed E-state index contributed by atoms with van der Waals surface area (Å²) in [6.07, 6.45) is 0. The van der Waals surface area contributed by atoms with Crippen LogP contribution in [0.25, 0.3) is 0 Å². The van der Waals surface area contributed by atoms with Crippen molar-refractivity contribution in [3.63, 3.8) is 0 Å². The minimum absolute atomic E-state index is 0.269. The fourth-order valence-corrected chi connectivity index (χ4v) is 2.82. The molecule has 1 atom stereocenters. The van der Waals surface area contributed by atoms with E-state index in [9.17, 15) is 18.0 Å². The van der Waals surface area contributed by atoms with Crippen LogP contribution in [0.5, 0.6) is 0 Å². The van der Waals surface area contributed by atoms with Gasteiger partial charge in [-0.25, -0.2) is 13.2 Å². The lowest BCUT2D eigenvalue weighted by Gasteiger charge is -2.12. The largest absolute Gasteiger partial charge is 0.480 e. The topological polar surface area (TPSA) is 130 Å². The van der Waals surface area contributed by atoms with Crippen molar-refractivity contribution in [1.82, 2.24) is 4.72 Å². The van der Waals surface area contributed by atoms with Crippen molar-refractivity contribution in [2.45, 2.75) is 11.8 Å². The monoisotopic (exact) mass is 317 g/mol. The molecule has 0 bridgehead atoms. The van der Waals surface area contributed by atoms with Crippen LogP contribution < -0.4 is 4.72 Å². The molecule has 0 spiro atoms. The van der Waals surface area contributed by atoms with E-state index in [0.717, 1.165) is 0 Å². The molecule has 1 rings (SSSR count). The molecule has 116 valence electrons.